The van der Waals surface area contributed by atoms with Gasteiger partial charge in [0.1, 0.15) is 0 Å². The van der Waals surface area contributed by atoms with E-state index < -0.39 is 11.9 Å². The van der Waals surface area contributed by atoms with Gasteiger partial charge in [0.2, 0.25) is 0 Å². The van der Waals surface area contributed by atoms with E-state index in [2.05, 4.69) is 4.74 Å². The van der Waals surface area contributed by atoms with Crippen molar-refractivity contribution in [1.29, 1.82) is 0 Å². The normalized spacial score (nSPS) is 8.60. The van der Waals surface area contributed by atoms with Crippen LogP contribution in [0.5, 0.6) is 0 Å². The molecule has 4 heteroatoms. The molecule has 0 aromatic heterocycles. The maximum atomic E-state index is 10.3. The molecule has 0 atom stereocenters. The van der Waals surface area contributed by atoms with Gasteiger partial charge < -0.3 is 4.74 Å². The first-order valence-corrected chi connectivity index (χ1v) is 2.52. The summed E-state index contributed by atoms with van der Waals surface area (Å²) < 4.78 is 4.13. The summed E-state index contributed by atoms with van der Waals surface area (Å²) in [5, 5.41) is 0. The van der Waals surface area contributed by atoms with Crippen LogP contribution in [0.4, 0.5) is 0 Å². The molecule has 0 N–H and O–H groups in total. The molecule has 0 rings (SSSR count). The fraction of sp³-hybridized carbons (Fsp3) is 0.333. The zero-order valence-electron chi connectivity index (χ0n) is 5.38. The van der Waals surface area contributed by atoms with Crippen LogP contribution in [0.3, 0.4) is 0 Å². The minimum absolute atomic E-state index is 0. The van der Waals surface area contributed by atoms with Crippen molar-refractivity contribution in [1.82, 2.24) is 0 Å². The Bertz CT molecular complexity index is 151. The summed E-state index contributed by atoms with van der Waals surface area (Å²) in [6.07, 6.45) is 2.69. The molecule has 0 unspecified atom stereocenters. The molecule has 0 spiro atoms. The number of ether oxygens (including phenoxy) is 1. The van der Waals surface area contributed by atoms with E-state index in [0.29, 0.717) is 0 Å². The van der Waals surface area contributed by atoms with Gasteiger partial charge in [0.05, 0.1) is 0 Å². The van der Waals surface area contributed by atoms with Gasteiger partial charge in [-0.25, -0.2) is 4.79 Å². The van der Waals surface area contributed by atoms with Crippen LogP contribution in [0.1, 0.15) is 13.8 Å². The van der Waals surface area contributed by atoms with Crippen molar-refractivity contribution < 1.29 is 14.3 Å². The van der Waals surface area contributed by atoms with E-state index >= 15 is 0 Å². The zero-order chi connectivity index (χ0) is 7.28. The summed E-state index contributed by atoms with van der Waals surface area (Å²) in [7, 11) is 0. The average molecular weight is 170 g/mol. The molecule has 54 valence electrons. The third-order valence-electron chi connectivity index (χ3n) is 0.547. The van der Waals surface area contributed by atoms with E-state index in [1.54, 1.807) is 6.92 Å². The van der Waals surface area contributed by atoms with Crippen LogP contribution in [0, 0.1) is 0 Å². The fourth-order valence-corrected chi connectivity index (χ4v) is 0.312. The van der Waals surface area contributed by atoms with Gasteiger partial charge in [0, 0.05) is 13.0 Å². The van der Waals surface area contributed by atoms with Gasteiger partial charge >= 0.3 is 49.7 Å². The van der Waals surface area contributed by atoms with Crippen molar-refractivity contribution in [2.45, 2.75) is 13.8 Å². The summed E-state index contributed by atoms with van der Waals surface area (Å²) in [5.41, 5.74) is 0. The molecule has 0 bridgehead atoms. The molecule has 10 heavy (non-hydrogen) atoms. The Balaban J connectivity index is 0. The Morgan fingerprint density at radius 3 is 2.20 bits per heavy atom. The van der Waals surface area contributed by atoms with Crippen molar-refractivity contribution in [3.63, 3.8) is 0 Å². The van der Waals surface area contributed by atoms with E-state index in [0.717, 1.165) is 0 Å². The van der Waals surface area contributed by atoms with Gasteiger partial charge in [0.15, 0.2) is 0 Å². The number of carbonyl (C=O) groups is 2. The van der Waals surface area contributed by atoms with Crippen LogP contribution in [0.2, 0.25) is 0 Å². The molecule has 0 aliphatic rings. The quantitative estimate of drug-likeness (QED) is 0.235. The molecular weight excluding hydrogens is 160 g/mol. The Morgan fingerprint density at radius 2 is 1.90 bits per heavy atom. The molecule has 0 aliphatic carbocycles. The molecule has 0 heterocycles. The number of hydrogen-bond donors (Lipinski definition) is 0. The summed E-state index contributed by atoms with van der Waals surface area (Å²) in [5.74, 6) is -1.21. The minimum atomic E-state index is -0.620. The predicted octanol–water partition coefficient (Wildman–Crippen LogP) is -0.264. The Labute approximate surface area is 89.4 Å². The van der Waals surface area contributed by atoms with Crippen LogP contribution in [0.25, 0.3) is 0 Å². The van der Waals surface area contributed by atoms with Crippen LogP contribution in [-0.2, 0) is 14.3 Å². The number of rotatable bonds is 1. The second-order valence-corrected chi connectivity index (χ2v) is 1.41. The van der Waals surface area contributed by atoms with Gasteiger partial charge in [-0.05, 0) is 6.92 Å². The van der Waals surface area contributed by atoms with E-state index in [-0.39, 0.29) is 37.7 Å². The summed E-state index contributed by atoms with van der Waals surface area (Å²) >= 11 is 0. The third-order valence-corrected chi connectivity index (χ3v) is 0.547. The van der Waals surface area contributed by atoms with Crippen LogP contribution in [-0.4, -0.2) is 49.7 Å². The molecule has 0 fully saturated rings. The summed E-state index contributed by atoms with van der Waals surface area (Å²) in [6, 6.07) is 0. The van der Waals surface area contributed by atoms with E-state index in [9.17, 15) is 9.59 Å². The Kier molecular flexibility index (Phi) is 9.27. The molecule has 0 saturated heterocycles. The zero-order valence-corrected chi connectivity index (χ0v) is 5.38. The second-order valence-electron chi connectivity index (χ2n) is 1.41. The van der Waals surface area contributed by atoms with E-state index in [1.807, 2.05) is 0 Å². The van der Waals surface area contributed by atoms with E-state index in [1.165, 1.54) is 19.1 Å². The topological polar surface area (TPSA) is 43.4 Å². The second kappa shape index (κ2) is 7.25. The monoisotopic (exact) mass is 170 g/mol. The first-order chi connectivity index (χ1) is 4.16. The number of hydrogen-bond acceptors (Lipinski definition) is 3. The molecule has 0 radical (unpaired) electrons. The average Bonchev–Trinajstić information content (AvgIpc) is 1.63. The molecule has 0 amide bonds. The summed E-state index contributed by atoms with van der Waals surface area (Å²) in [6.45, 7) is 2.85. The van der Waals surface area contributed by atoms with Crippen molar-refractivity contribution in [2.24, 2.45) is 0 Å². The maximum absolute atomic E-state index is 10.3. The first kappa shape index (κ1) is 12.8. The standard InChI is InChI=1S/C6H8O3.Ca.2H/c1-3-4-6(8)9-5(2)7;;;/h3-4H,1-2H3;;;/b4-3+;;;. The van der Waals surface area contributed by atoms with Crippen LogP contribution < -0.4 is 0 Å². The van der Waals surface area contributed by atoms with Gasteiger partial charge in [-0.2, -0.15) is 0 Å². The van der Waals surface area contributed by atoms with Gasteiger partial charge in [-0.15, -0.1) is 0 Å². The third kappa shape index (κ3) is 8.14. The first-order valence-electron chi connectivity index (χ1n) is 2.52. The summed E-state index contributed by atoms with van der Waals surface area (Å²) in [4.78, 5) is 20.4. The Hall–Kier alpha value is 0.140. The molecular formula is C6H10CaO3. The molecule has 0 aliphatic heterocycles. The fourth-order valence-electron chi connectivity index (χ4n) is 0.312. The number of allylic oxidation sites excluding steroid dienone is 1. The van der Waals surface area contributed by atoms with Crippen LogP contribution in [0.15, 0.2) is 12.2 Å². The van der Waals surface area contributed by atoms with E-state index in [4.69, 9.17) is 0 Å². The Morgan fingerprint density at radius 1 is 1.40 bits per heavy atom. The number of esters is 2. The van der Waals surface area contributed by atoms with Crippen molar-refractivity contribution in [3.05, 3.63) is 12.2 Å². The van der Waals surface area contributed by atoms with Crippen molar-refractivity contribution >= 4 is 49.7 Å². The SMILES string of the molecule is C/C=C/C(=O)OC(C)=O.[CaH2]. The predicted molar refractivity (Wildman–Crippen MR) is 40.1 cm³/mol. The number of carbonyl (C=O) groups excluding carboxylic acids is 2. The van der Waals surface area contributed by atoms with Gasteiger partial charge in [0.25, 0.3) is 0 Å². The molecule has 0 aromatic rings. The van der Waals surface area contributed by atoms with Crippen LogP contribution >= 0.6 is 0 Å². The van der Waals surface area contributed by atoms with Gasteiger partial charge in [-0.1, -0.05) is 6.08 Å². The van der Waals surface area contributed by atoms with Crippen molar-refractivity contribution in [2.75, 3.05) is 0 Å². The molecule has 0 saturated carbocycles. The molecule has 3 nitrogen and oxygen atoms in total. The van der Waals surface area contributed by atoms with Gasteiger partial charge in [-0.3, -0.25) is 4.79 Å². The molecule has 0 aromatic carbocycles. The van der Waals surface area contributed by atoms with Crippen molar-refractivity contribution in [3.8, 4) is 0 Å².